The van der Waals surface area contributed by atoms with Crippen molar-refractivity contribution < 1.29 is 4.39 Å². The highest BCUT2D eigenvalue weighted by atomic mass is 32.2. The van der Waals surface area contributed by atoms with Crippen molar-refractivity contribution >= 4 is 11.8 Å². The van der Waals surface area contributed by atoms with Crippen LogP contribution in [0.5, 0.6) is 0 Å². The van der Waals surface area contributed by atoms with Gasteiger partial charge in [-0.25, -0.2) is 4.39 Å². The van der Waals surface area contributed by atoms with E-state index in [9.17, 15) is 4.39 Å². The monoisotopic (exact) mass is 384 g/mol. The summed E-state index contributed by atoms with van der Waals surface area (Å²) < 4.78 is 14.4. The fourth-order valence-corrected chi connectivity index (χ4v) is 4.91. The number of aryl methyl sites for hydroxylation is 1. The average molecular weight is 385 g/mol. The standard InChI is InChI=1S/C25H33FS/c1-3-4-5-6-20-11-16-25(24(26)17-20)27-18-21-9-14-23(15-10-21)22-12-7-19(2)8-13-22/h9-11,14-17,19,22H,3-8,12-13,18H2,1-2H3. The van der Waals surface area contributed by atoms with Gasteiger partial charge in [0.1, 0.15) is 5.82 Å². The first-order chi connectivity index (χ1) is 13.2. The molecule has 1 aliphatic rings. The third-order valence-corrected chi connectivity index (χ3v) is 7.05. The minimum absolute atomic E-state index is 0.0676. The smallest absolute Gasteiger partial charge is 0.137 e. The van der Waals surface area contributed by atoms with Gasteiger partial charge in [0.25, 0.3) is 0 Å². The van der Waals surface area contributed by atoms with Gasteiger partial charge in [0.05, 0.1) is 0 Å². The molecule has 146 valence electrons. The Kier molecular flexibility index (Phi) is 7.81. The quantitative estimate of drug-likeness (QED) is 0.327. The number of thioether (sulfide) groups is 1. The van der Waals surface area contributed by atoms with Gasteiger partial charge >= 0.3 is 0 Å². The van der Waals surface area contributed by atoms with Crippen molar-refractivity contribution in [2.24, 2.45) is 5.92 Å². The molecule has 2 heteroatoms. The molecule has 0 radical (unpaired) electrons. The predicted octanol–water partition coefficient (Wildman–Crippen LogP) is 8.14. The number of unbranched alkanes of at least 4 members (excludes halogenated alkanes) is 2. The summed E-state index contributed by atoms with van der Waals surface area (Å²) in [7, 11) is 0. The number of halogens is 1. The molecule has 0 atom stereocenters. The van der Waals surface area contributed by atoms with Crippen LogP contribution in [0.4, 0.5) is 4.39 Å². The average Bonchev–Trinajstić information content (AvgIpc) is 2.69. The second kappa shape index (κ2) is 10.3. The largest absolute Gasteiger partial charge is 0.206 e. The van der Waals surface area contributed by atoms with Gasteiger partial charge in [0.15, 0.2) is 0 Å². The molecule has 0 aliphatic heterocycles. The first kappa shape index (κ1) is 20.5. The van der Waals surface area contributed by atoms with E-state index in [4.69, 9.17) is 0 Å². The van der Waals surface area contributed by atoms with E-state index in [1.54, 1.807) is 17.8 Å². The molecule has 2 aromatic carbocycles. The molecule has 27 heavy (non-hydrogen) atoms. The van der Waals surface area contributed by atoms with E-state index in [0.29, 0.717) is 0 Å². The van der Waals surface area contributed by atoms with Crippen LogP contribution in [0.25, 0.3) is 0 Å². The van der Waals surface area contributed by atoms with Crippen LogP contribution in [0.2, 0.25) is 0 Å². The van der Waals surface area contributed by atoms with Crippen LogP contribution in [0, 0.1) is 11.7 Å². The topological polar surface area (TPSA) is 0 Å². The van der Waals surface area contributed by atoms with Crippen molar-refractivity contribution in [1.29, 1.82) is 0 Å². The molecule has 2 aromatic rings. The first-order valence-electron chi connectivity index (χ1n) is 10.7. The maximum atomic E-state index is 14.4. The van der Waals surface area contributed by atoms with Gasteiger partial charge in [-0.1, -0.05) is 69.9 Å². The van der Waals surface area contributed by atoms with Gasteiger partial charge in [0, 0.05) is 10.6 Å². The van der Waals surface area contributed by atoms with Crippen molar-refractivity contribution in [2.75, 3.05) is 0 Å². The SMILES string of the molecule is CCCCCc1ccc(SCc2ccc(C3CCC(C)CC3)cc2)c(F)c1. The molecule has 1 aliphatic carbocycles. The molecule has 0 nitrogen and oxygen atoms in total. The van der Waals surface area contributed by atoms with Gasteiger partial charge in [-0.15, -0.1) is 11.8 Å². The highest BCUT2D eigenvalue weighted by Gasteiger charge is 2.19. The zero-order chi connectivity index (χ0) is 19.1. The normalized spacial score (nSPS) is 20.0. The van der Waals surface area contributed by atoms with E-state index in [1.807, 2.05) is 6.07 Å². The number of hydrogen-bond donors (Lipinski definition) is 0. The minimum Gasteiger partial charge on any atom is -0.206 e. The molecular weight excluding hydrogens is 351 g/mol. The summed E-state index contributed by atoms with van der Waals surface area (Å²) in [5, 5.41) is 0. The Morgan fingerprint density at radius 2 is 1.63 bits per heavy atom. The van der Waals surface area contributed by atoms with Crippen LogP contribution in [0.3, 0.4) is 0 Å². The van der Waals surface area contributed by atoms with Gasteiger partial charge in [-0.05, 0) is 66.3 Å². The fourth-order valence-electron chi connectivity index (χ4n) is 4.04. The molecule has 0 aromatic heterocycles. The zero-order valence-corrected chi connectivity index (χ0v) is 17.7. The van der Waals surface area contributed by atoms with Crippen molar-refractivity contribution in [2.45, 2.75) is 81.8 Å². The highest BCUT2D eigenvalue weighted by molar-refractivity contribution is 7.98. The maximum Gasteiger partial charge on any atom is 0.137 e. The summed E-state index contributed by atoms with van der Waals surface area (Å²) in [5.41, 5.74) is 3.88. The van der Waals surface area contributed by atoms with Crippen LogP contribution >= 0.6 is 11.8 Å². The van der Waals surface area contributed by atoms with Crippen molar-refractivity contribution in [3.8, 4) is 0 Å². The first-order valence-corrected chi connectivity index (χ1v) is 11.6. The molecule has 0 unspecified atom stereocenters. The Bertz CT molecular complexity index is 699. The fraction of sp³-hybridized carbons (Fsp3) is 0.520. The van der Waals surface area contributed by atoms with Crippen LogP contribution in [-0.4, -0.2) is 0 Å². The van der Waals surface area contributed by atoms with E-state index < -0.39 is 0 Å². The lowest BCUT2D eigenvalue weighted by Gasteiger charge is -2.26. The van der Waals surface area contributed by atoms with Crippen LogP contribution in [0.1, 0.15) is 81.4 Å². The van der Waals surface area contributed by atoms with Gasteiger partial charge in [0.2, 0.25) is 0 Å². The number of rotatable bonds is 8. The third-order valence-electron chi connectivity index (χ3n) is 5.93. The summed E-state index contributed by atoms with van der Waals surface area (Å²) in [6.07, 6.45) is 9.91. The minimum atomic E-state index is -0.0676. The Hall–Kier alpha value is -1.28. The summed E-state index contributed by atoms with van der Waals surface area (Å²) in [6, 6.07) is 14.8. The van der Waals surface area contributed by atoms with E-state index in [1.165, 1.54) is 49.7 Å². The van der Waals surface area contributed by atoms with Gasteiger partial charge in [-0.2, -0.15) is 0 Å². The van der Waals surface area contributed by atoms with E-state index in [2.05, 4.69) is 44.2 Å². The molecule has 1 saturated carbocycles. The van der Waals surface area contributed by atoms with Gasteiger partial charge < -0.3 is 0 Å². The second-order valence-electron chi connectivity index (χ2n) is 8.21. The van der Waals surface area contributed by atoms with Crippen molar-refractivity contribution in [1.82, 2.24) is 0 Å². The summed E-state index contributed by atoms with van der Waals surface area (Å²) in [5.74, 6) is 2.39. The molecule has 0 saturated heterocycles. The van der Waals surface area contributed by atoms with E-state index >= 15 is 0 Å². The van der Waals surface area contributed by atoms with Crippen molar-refractivity contribution in [3.05, 3.63) is 65.0 Å². The van der Waals surface area contributed by atoms with Crippen molar-refractivity contribution in [3.63, 3.8) is 0 Å². The lowest BCUT2D eigenvalue weighted by molar-refractivity contribution is 0.348. The molecule has 0 bridgehead atoms. The zero-order valence-electron chi connectivity index (χ0n) is 16.8. The third kappa shape index (κ3) is 6.10. The summed E-state index contributed by atoms with van der Waals surface area (Å²) in [4.78, 5) is 0.764. The summed E-state index contributed by atoms with van der Waals surface area (Å²) in [6.45, 7) is 4.57. The molecule has 3 rings (SSSR count). The molecule has 1 fully saturated rings. The lowest BCUT2D eigenvalue weighted by Crippen LogP contribution is -2.10. The Morgan fingerprint density at radius 3 is 2.30 bits per heavy atom. The lowest BCUT2D eigenvalue weighted by atomic mass is 9.79. The molecular formula is C25H33FS. The number of hydrogen-bond acceptors (Lipinski definition) is 1. The van der Waals surface area contributed by atoms with Crippen LogP contribution in [-0.2, 0) is 12.2 Å². The van der Waals surface area contributed by atoms with Crippen LogP contribution in [0.15, 0.2) is 47.4 Å². The molecule has 0 heterocycles. The Balaban J connectivity index is 1.52. The van der Waals surface area contributed by atoms with Crippen LogP contribution < -0.4 is 0 Å². The predicted molar refractivity (Wildman–Crippen MR) is 116 cm³/mol. The van der Waals surface area contributed by atoms with E-state index in [0.717, 1.165) is 40.9 Å². The maximum absolute atomic E-state index is 14.4. The molecule has 0 N–H and O–H groups in total. The van der Waals surface area contributed by atoms with E-state index in [-0.39, 0.29) is 5.82 Å². The van der Waals surface area contributed by atoms with Gasteiger partial charge in [-0.3, -0.25) is 0 Å². The Labute approximate surface area is 169 Å². The summed E-state index contributed by atoms with van der Waals surface area (Å²) >= 11 is 1.60. The number of benzene rings is 2. The molecule has 0 amide bonds. The second-order valence-corrected chi connectivity index (χ2v) is 9.23. The Morgan fingerprint density at radius 1 is 0.926 bits per heavy atom. The molecule has 0 spiro atoms. The highest BCUT2D eigenvalue weighted by Crippen LogP contribution is 2.36.